The van der Waals surface area contributed by atoms with Gasteiger partial charge >= 0.3 is 0 Å². The topological polar surface area (TPSA) is 60.9 Å². The first-order valence-corrected chi connectivity index (χ1v) is 7.57. The molecule has 1 saturated carbocycles. The van der Waals surface area contributed by atoms with Crippen molar-refractivity contribution in [1.29, 1.82) is 0 Å². The molecule has 2 aliphatic rings. The van der Waals surface area contributed by atoms with Gasteiger partial charge in [0.25, 0.3) is 0 Å². The smallest absolute Gasteiger partial charge is 0.227 e. The van der Waals surface area contributed by atoms with Gasteiger partial charge in [0.15, 0.2) is 0 Å². The maximum Gasteiger partial charge on any atom is 0.227 e. The summed E-state index contributed by atoms with van der Waals surface area (Å²) in [5.41, 5.74) is -0.0964. The molecule has 0 unspecified atom stereocenters. The van der Waals surface area contributed by atoms with Crippen LogP contribution in [0.15, 0.2) is 0 Å². The van der Waals surface area contributed by atoms with Crippen LogP contribution in [0.4, 0.5) is 0 Å². The molecule has 2 rings (SSSR count). The number of likely N-dealkylation sites (tertiary alicyclic amines) is 1. The molecule has 1 saturated heterocycles. The number of carbonyl (C=O) groups excluding carboxylic acids is 2. The summed E-state index contributed by atoms with van der Waals surface area (Å²) in [6.07, 6.45) is 5.41. The first-order chi connectivity index (χ1) is 9.47. The second-order valence-electron chi connectivity index (χ2n) is 6.57. The van der Waals surface area contributed by atoms with Gasteiger partial charge in [0.1, 0.15) is 0 Å². The van der Waals surface area contributed by atoms with Crippen LogP contribution >= 0.6 is 0 Å². The minimum atomic E-state index is -0.0964. The van der Waals surface area contributed by atoms with Crippen molar-refractivity contribution in [2.45, 2.75) is 38.5 Å². The normalized spacial score (nSPS) is 25.9. The Morgan fingerprint density at radius 2 is 2.10 bits per heavy atom. The molecule has 5 heteroatoms. The highest BCUT2D eigenvalue weighted by molar-refractivity contribution is 5.83. The number of hydrogen-bond donors (Lipinski definition) is 1. The average molecular weight is 282 g/mol. The highest BCUT2D eigenvalue weighted by Crippen LogP contribution is 2.38. The third-order valence-corrected chi connectivity index (χ3v) is 4.92. The van der Waals surface area contributed by atoms with Crippen molar-refractivity contribution in [2.75, 3.05) is 33.8 Å². The summed E-state index contributed by atoms with van der Waals surface area (Å²) in [5, 5.41) is 9.64. The lowest BCUT2D eigenvalue weighted by molar-refractivity contribution is -0.142. The van der Waals surface area contributed by atoms with E-state index in [1.165, 1.54) is 0 Å². The van der Waals surface area contributed by atoms with Crippen molar-refractivity contribution in [3.8, 4) is 0 Å². The maximum atomic E-state index is 12.5. The van der Waals surface area contributed by atoms with Crippen molar-refractivity contribution < 1.29 is 14.7 Å². The lowest BCUT2D eigenvalue weighted by atomic mass is 9.86. The third-order valence-electron chi connectivity index (χ3n) is 4.92. The molecule has 0 radical (unpaired) electrons. The highest BCUT2D eigenvalue weighted by atomic mass is 16.3. The number of aliphatic hydroxyl groups is 1. The van der Waals surface area contributed by atoms with Crippen LogP contribution in [0, 0.1) is 11.3 Å². The molecule has 5 nitrogen and oxygen atoms in total. The molecular weight excluding hydrogens is 256 g/mol. The number of piperidine rings is 1. The van der Waals surface area contributed by atoms with E-state index in [0.29, 0.717) is 25.9 Å². The van der Waals surface area contributed by atoms with Crippen molar-refractivity contribution in [3.05, 3.63) is 0 Å². The van der Waals surface area contributed by atoms with Gasteiger partial charge in [0, 0.05) is 39.0 Å². The second-order valence-corrected chi connectivity index (χ2v) is 6.57. The first kappa shape index (κ1) is 15.3. The molecule has 0 aromatic heterocycles. The molecule has 1 atom stereocenters. The fraction of sp³-hybridized carbons (Fsp3) is 0.867. The molecule has 20 heavy (non-hydrogen) atoms. The van der Waals surface area contributed by atoms with Crippen LogP contribution in [-0.4, -0.2) is 60.5 Å². The second kappa shape index (κ2) is 6.12. The number of aliphatic hydroxyl groups excluding tert-OH is 1. The van der Waals surface area contributed by atoms with E-state index in [9.17, 15) is 14.7 Å². The van der Waals surface area contributed by atoms with Gasteiger partial charge < -0.3 is 14.9 Å². The van der Waals surface area contributed by atoms with Gasteiger partial charge in [-0.25, -0.2) is 0 Å². The van der Waals surface area contributed by atoms with Crippen LogP contribution < -0.4 is 0 Å². The van der Waals surface area contributed by atoms with Gasteiger partial charge in [-0.3, -0.25) is 9.59 Å². The molecule has 0 spiro atoms. The zero-order valence-electron chi connectivity index (χ0n) is 12.6. The minimum Gasteiger partial charge on any atom is -0.396 e. The molecule has 2 amide bonds. The summed E-state index contributed by atoms with van der Waals surface area (Å²) < 4.78 is 0. The Labute approximate surface area is 120 Å². The summed E-state index contributed by atoms with van der Waals surface area (Å²) in [4.78, 5) is 27.4. The molecule has 1 N–H and O–H groups in total. The van der Waals surface area contributed by atoms with Gasteiger partial charge in [-0.1, -0.05) is 12.8 Å². The Morgan fingerprint density at radius 1 is 1.45 bits per heavy atom. The molecule has 1 heterocycles. The third kappa shape index (κ3) is 3.14. The van der Waals surface area contributed by atoms with E-state index in [1.807, 2.05) is 7.05 Å². The van der Waals surface area contributed by atoms with Crippen molar-refractivity contribution >= 4 is 11.8 Å². The van der Waals surface area contributed by atoms with Gasteiger partial charge in [-0.05, 0) is 19.3 Å². The fourth-order valence-electron chi connectivity index (χ4n) is 3.60. The first-order valence-electron chi connectivity index (χ1n) is 7.57. The summed E-state index contributed by atoms with van der Waals surface area (Å²) in [6.45, 7) is 1.32. The molecule has 1 aliphatic carbocycles. The zero-order chi connectivity index (χ0) is 14.8. The molecule has 0 bridgehead atoms. The van der Waals surface area contributed by atoms with Crippen LogP contribution in [0.5, 0.6) is 0 Å². The van der Waals surface area contributed by atoms with Gasteiger partial charge in [0.2, 0.25) is 11.8 Å². The van der Waals surface area contributed by atoms with E-state index in [-0.39, 0.29) is 29.8 Å². The average Bonchev–Trinajstić information content (AvgIpc) is 2.90. The van der Waals surface area contributed by atoms with Crippen LogP contribution in [0.25, 0.3) is 0 Å². The van der Waals surface area contributed by atoms with E-state index < -0.39 is 0 Å². The zero-order valence-corrected chi connectivity index (χ0v) is 12.6. The maximum absolute atomic E-state index is 12.5. The Kier molecular flexibility index (Phi) is 4.68. The van der Waals surface area contributed by atoms with Crippen LogP contribution in [-0.2, 0) is 9.59 Å². The highest BCUT2D eigenvalue weighted by Gasteiger charge is 2.37. The minimum absolute atomic E-state index is 0.0835. The van der Waals surface area contributed by atoms with Crippen LogP contribution in [0.3, 0.4) is 0 Å². The summed E-state index contributed by atoms with van der Waals surface area (Å²) in [5.74, 6) is 0.156. The van der Waals surface area contributed by atoms with Gasteiger partial charge in [0.05, 0.1) is 12.5 Å². The lowest BCUT2D eigenvalue weighted by Crippen LogP contribution is -2.47. The molecule has 1 aliphatic heterocycles. The van der Waals surface area contributed by atoms with Gasteiger partial charge in [-0.2, -0.15) is 0 Å². The lowest BCUT2D eigenvalue weighted by Gasteiger charge is -2.36. The largest absolute Gasteiger partial charge is 0.396 e. The summed E-state index contributed by atoms with van der Waals surface area (Å²) in [6, 6.07) is 0. The monoisotopic (exact) mass is 282 g/mol. The molecule has 0 aromatic rings. The van der Waals surface area contributed by atoms with Crippen molar-refractivity contribution in [3.63, 3.8) is 0 Å². The number of carbonyl (C=O) groups is 2. The van der Waals surface area contributed by atoms with Crippen molar-refractivity contribution in [1.82, 2.24) is 9.80 Å². The van der Waals surface area contributed by atoms with Crippen LogP contribution in [0.1, 0.15) is 38.5 Å². The van der Waals surface area contributed by atoms with E-state index in [4.69, 9.17) is 0 Å². The quantitative estimate of drug-likeness (QED) is 0.832. The van der Waals surface area contributed by atoms with Crippen LogP contribution in [0.2, 0.25) is 0 Å². The SMILES string of the molecule is CN1C[C@@H](C(=O)N(C)CC2(CO)CCCC2)CCC1=O. The Bertz CT molecular complexity index is 377. The standard InChI is InChI=1S/C15H26N2O3/c1-16-9-12(5-6-13(16)19)14(20)17(2)10-15(11-18)7-3-4-8-15/h12,18H,3-11H2,1-2H3/t12-/m0/s1. The predicted molar refractivity (Wildman–Crippen MR) is 76.0 cm³/mol. The van der Waals surface area contributed by atoms with E-state index in [0.717, 1.165) is 25.7 Å². The van der Waals surface area contributed by atoms with E-state index >= 15 is 0 Å². The number of amides is 2. The van der Waals surface area contributed by atoms with Crippen molar-refractivity contribution in [2.24, 2.45) is 11.3 Å². The van der Waals surface area contributed by atoms with E-state index in [2.05, 4.69) is 0 Å². The Balaban J connectivity index is 1.93. The predicted octanol–water partition coefficient (Wildman–Crippen LogP) is 0.866. The molecule has 114 valence electrons. The van der Waals surface area contributed by atoms with Gasteiger partial charge in [-0.15, -0.1) is 0 Å². The number of hydrogen-bond acceptors (Lipinski definition) is 3. The summed E-state index contributed by atoms with van der Waals surface area (Å²) >= 11 is 0. The fourth-order valence-corrected chi connectivity index (χ4v) is 3.60. The Hall–Kier alpha value is -1.10. The molecule has 2 fully saturated rings. The van der Waals surface area contributed by atoms with E-state index in [1.54, 1.807) is 16.8 Å². The summed E-state index contributed by atoms with van der Waals surface area (Å²) in [7, 11) is 3.59. The number of rotatable bonds is 4. The number of nitrogens with zero attached hydrogens (tertiary/aromatic N) is 2. The molecule has 0 aromatic carbocycles. The molecular formula is C15H26N2O3. The Morgan fingerprint density at radius 3 is 2.65 bits per heavy atom.